The van der Waals surface area contributed by atoms with Gasteiger partial charge in [0.1, 0.15) is 73.2 Å². The number of rotatable bonds is 9. The zero-order valence-electron chi connectivity index (χ0n) is 23.2. The molecule has 0 amide bonds. The van der Waals surface area contributed by atoms with Gasteiger partial charge in [0.2, 0.25) is 0 Å². The summed E-state index contributed by atoms with van der Waals surface area (Å²) in [5, 5.41) is 83.6. The lowest BCUT2D eigenvalue weighted by atomic mass is 9.82. The number of ether oxygens (including phenoxy) is 6. The van der Waals surface area contributed by atoms with Crippen LogP contribution in [-0.2, 0) is 28.4 Å². The van der Waals surface area contributed by atoms with Gasteiger partial charge in [0, 0.05) is 13.1 Å². The lowest BCUT2D eigenvalue weighted by Crippen LogP contribution is -2.72. The molecule has 20 N–H and O–H groups in total. The largest absolute Gasteiger partial charge is 0.394 e. The first-order chi connectivity index (χ1) is 20.3. The Morgan fingerprint density at radius 2 is 0.884 bits per heavy atom. The van der Waals surface area contributed by atoms with E-state index in [9.17, 15) is 40.9 Å². The highest BCUT2D eigenvalue weighted by molar-refractivity contribution is 5.06. The third-order valence-electron chi connectivity index (χ3n) is 8.53. The minimum absolute atomic E-state index is 0.187. The average molecular weight is 631 g/mol. The Bertz CT molecular complexity index is 899. The molecule has 0 bridgehead atoms. The number of aliphatic hydroxyl groups is 8. The molecule has 20 atom stereocenters. The van der Waals surface area contributed by atoms with Crippen LogP contribution in [0.3, 0.4) is 0 Å². The molecule has 4 fully saturated rings. The van der Waals surface area contributed by atoms with E-state index in [1.54, 1.807) is 0 Å². The number of hydrogen-bond donors (Lipinski definition) is 14. The van der Waals surface area contributed by atoms with Crippen molar-refractivity contribution in [1.29, 1.82) is 0 Å². The van der Waals surface area contributed by atoms with E-state index in [2.05, 4.69) is 0 Å². The maximum absolute atomic E-state index is 11.1. The first-order valence-corrected chi connectivity index (χ1v) is 14.0. The fourth-order valence-electron chi connectivity index (χ4n) is 5.75. The van der Waals surface area contributed by atoms with E-state index in [1.165, 1.54) is 0 Å². The van der Waals surface area contributed by atoms with Crippen molar-refractivity contribution in [2.75, 3.05) is 19.7 Å². The topological polar surface area (TPSA) is 373 Å². The van der Waals surface area contributed by atoms with Gasteiger partial charge in [0.15, 0.2) is 18.9 Å². The van der Waals surface area contributed by atoms with Crippen molar-refractivity contribution < 1.29 is 69.3 Å². The maximum atomic E-state index is 11.1. The van der Waals surface area contributed by atoms with Gasteiger partial charge in [-0.3, -0.25) is 0 Å². The van der Waals surface area contributed by atoms with Gasteiger partial charge < -0.3 is 104 Å². The molecule has 3 aliphatic heterocycles. The third kappa shape index (κ3) is 6.70. The summed E-state index contributed by atoms with van der Waals surface area (Å²) in [6.45, 7) is -1.08. The second-order valence-electron chi connectivity index (χ2n) is 11.3. The van der Waals surface area contributed by atoms with Gasteiger partial charge in [-0.15, -0.1) is 0 Å². The third-order valence-corrected chi connectivity index (χ3v) is 8.53. The molecule has 252 valence electrons. The molecule has 0 aromatic rings. The highest BCUT2D eigenvalue weighted by Gasteiger charge is 2.56. The van der Waals surface area contributed by atoms with Gasteiger partial charge in [-0.25, -0.2) is 0 Å². The molecule has 0 aromatic carbocycles. The zero-order chi connectivity index (χ0) is 31.9. The fourth-order valence-corrected chi connectivity index (χ4v) is 5.75. The summed E-state index contributed by atoms with van der Waals surface area (Å²) in [6.07, 6.45) is -22.8. The predicted octanol–water partition coefficient (Wildman–Crippen LogP) is -9.92. The lowest BCUT2D eigenvalue weighted by Gasteiger charge is -2.48. The summed E-state index contributed by atoms with van der Waals surface area (Å²) < 4.78 is 34.4. The Hall–Kier alpha value is -0.800. The number of aliphatic hydroxyl groups excluding tert-OH is 8. The van der Waals surface area contributed by atoms with Crippen LogP contribution in [0.1, 0.15) is 0 Å². The molecule has 43 heavy (non-hydrogen) atoms. The molecule has 20 heteroatoms. The van der Waals surface area contributed by atoms with Crippen molar-refractivity contribution in [1.82, 2.24) is 0 Å². The fraction of sp³-hybridized carbons (Fsp3) is 1.00. The summed E-state index contributed by atoms with van der Waals surface area (Å²) in [6, 6.07) is -5.26. The summed E-state index contributed by atoms with van der Waals surface area (Å²) in [5.74, 6) is 0. The summed E-state index contributed by atoms with van der Waals surface area (Å²) >= 11 is 0. The smallest absolute Gasteiger partial charge is 0.187 e. The van der Waals surface area contributed by atoms with Crippen LogP contribution in [0, 0.1) is 0 Å². The molecule has 20 nitrogen and oxygen atoms in total. The van der Waals surface area contributed by atoms with Crippen LogP contribution in [0.2, 0.25) is 0 Å². The molecule has 0 spiro atoms. The molecule has 3 saturated heterocycles. The van der Waals surface area contributed by atoms with E-state index in [4.69, 9.17) is 62.8 Å². The Kier molecular flexibility index (Phi) is 11.7. The van der Waals surface area contributed by atoms with Crippen LogP contribution in [0.5, 0.6) is 0 Å². The van der Waals surface area contributed by atoms with Gasteiger partial charge in [0.25, 0.3) is 0 Å². The van der Waals surface area contributed by atoms with Crippen LogP contribution in [0.4, 0.5) is 0 Å². The van der Waals surface area contributed by atoms with Gasteiger partial charge in [-0.2, -0.15) is 0 Å². The molecule has 4 rings (SSSR count). The molecule has 0 radical (unpaired) electrons. The first kappa shape index (κ1) is 35.1. The quantitative estimate of drug-likeness (QED) is 0.112. The van der Waals surface area contributed by atoms with E-state index in [0.717, 1.165) is 0 Å². The highest BCUT2D eigenvalue weighted by Crippen LogP contribution is 2.34. The molecular weight excluding hydrogens is 584 g/mol. The zero-order valence-corrected chi connectivity index (χ0v) is 23.2. The van der Waals surface area contributed by atoms with Crippen LogP contribution in [-0.4, -0.2) is 183 Å². The SMILES string of the molecule is NC[C@H]1O[C@H](O[C@@H]2[C@@H](N)[C@H](O)[C@@H](N)[C@H](O)[C@H]2O[C@@H]2O[C@H](CO)[C@@H](O[C@H]3O[C@H](CN)[C@@H](O)[C@H](O)[C@H]3N)[C@H]2O)[C@H](N)[C@@H](O)[C@@H]1O. The van der Waals surface area contributed by atoms with Crippen LogP contribution in [0.25, 0.3) is 0 Å². The van der Waals surface area contributed by atoms with Gasteiger partial charge in [-0.05, 0) is 0 Å². The Morgan fingerprint density at radius 1 is 0.442 bits per heavy atom. The Labute approximate surface area is 246 Å². The van der Waals surface area contributed by atoms with Crippen molar-refractivity contribution in [3.05, 3.63) is 0 Å². The van der Waals surface area contributed by atoms with Crippen molar-refractivity contribution in [3.8, 4) is 0 Å². The monoisotopic (exact) mass is 630 g/mol. The molecule has 0 unspecified atom stereocenters. The Balaban J connectivity index is 1.52. The van der Waals surface area contributed by atoms with E-state index >= 15 is 0 Å². The highest BCUT2D eigenvalue weighted by atomic mass is 16.8. The molecule has 3 heterocycles. The van der Waals surface area contributed by atoms with E-state index in [1.807, 2.05) is 0 Å². The van der Waals surface area contributed by atoms with Crippen LogP contribution >= 0.6 is 0 Å². The normalized spacial score (nSPS) is 54.6. The van der Waals surface area contributed by atoms with Crippen molar-refractivity contribution in [2.24, 2.45) is 34.4 Å². The molecule has 0 aromatic heterocycles. The number of hydrogen-bond acceptors (Lipinski definition) is 20. The van der Waals surface area contributed by atoms with Crippen molar-refractivity contribution >= 4 is 0 Å². The van der Waals surface area contributed by atoms with E-state index in [0.29, 0.717) is 0 Å². The number of nitrogens with two attached hydrogens (primary N) is 6. The van der Waals surface area contributed by atoms with Crippen LogP contribution in [0.15, 0.2) is 0 Å². The van der Waals surface area contributed by atoms with Gasteiger partial charge >= 0.3 is 0 Å². The van der Waals surface area contributed by atoms with E-state index in [-0.39, 0.29) is 13.1 Å². The minimum atomic E-state index is -1.67. The molecule has 1 saturated carbocycles. The van der Waals surface area contributed by atoms with E-state index < -0.39 is 129 Å². The first-order valence-electron chi connectivity index (χ1n) is 14.0. The van der Waals surface area contributed by atoms with Gasteiger partial charge in [0.05, 0.1) is 36.9 Å². The van der Waals surface area contributed by atoms with Crippen LogP contribution < -0.4 is 34.4 Å². The average Bonchev–Trinajstić information content (AvgIpc) is 3.29. The lowest BCUT2D eigenvalue weighted by molar-refractivity contribution is -0.312. The van der Waals surface area contributed by atoms with Crippen molar-refractivity contribution in [3.63, 3.8) is 0 Å². The second kappa shape index (κ2) is 14.3. The molecule has 1 aliphatic carbocycles. The summed E-state index contributed by atoms with van der Waals surface area (Å²) in [5.41, 5.74) is 35.4. The predicted molar refractivity (Wildman–Crippen MR) is 140 cm³/mol. The maximum Gasteiger partial charge on any atom is 0.187 e. The molecular formula is C23H46N6O14. The summed E-state index contributed by atoms with van der Waals surface area (Å²) in [7, 11) is 0. The van der Waals surface area contributed by atoms with Gasteiger partial charge in [-0.1, -0.05) is 0 Å². The molecule has 4 aliphatic rings. The Morgan fingerprint density at radius 3 is 1.35 bits per heavy atom. The standard InChI is InChI=1S/C23H46N6O14/c24-1-4-11(31)14(34)9(28)21(38-4)41-18-6(3-30)40-23(17(18)37)43-20-16(36)7(26)13(33)8(27)19(20)42-22-10(29)15(35)12(32)5(2-25)39-22/h4-23,30-37H,1-3,24-29H2/t4-,5-,6-,7-,8+,9-,10-,11-,12-,13-,14-,15-,16+,17-,18-,19-,20-,21-,22-,23+/m1/s1. The summed E-state index contributed by atoms with van der Waals surface area (Å²) in [4.78, 5) is 0. The second-order valence-corrected chi connectivity index (χ2v) is 11.3. The minimum Gasteiger partial charge on any atom is -0.394 e. The van der Waals surface area contributed by atoms with Crippen molar-refractivity contribution in [2.45, 2.75) is 122 Å².